The van der Waals surface area contributed by atoms with Crippen molar-refractivity contribution in [1.82, 2.24) is 0 Å². The predicted octanol–water partition coefficient (Wildman–Crippen LogP) is -0.356. The van der Waals surface area contributed by atoms with Gasteiger partial charge in [0.25, 0.3) is 20.2 Å². The number of fused-ring (bicyclic) bond motifs is 1. The van der Waals surface area contributed by atoms with Crippen LogP contribution in [0.3, 0.4) is 0 Å². The molecule has 110 valence electrons. The zero-order chi connectivity index (χ0) is 15.5. The van der Waals surface area contributed by atoms with E-state index >= 15 is 0 Å². The van der Waals surface area contributed by atoms with Gasteiger partial charge in [-0.3, -0.25) is 9.11 Å². The first-order valence-electron chi connectivity index (χ1n) is 5.59. The maximum Gasteiger partial charge on any atom is 0.295 e. The molecule has 20 heavy (non-hydrogen) atoms. The fourth-order valence-corrected chi connectivity index (χ4v) is 3.74. The van der Waals surface area contributed by atoms with Crippen LogP contribution in [0.4, 0.5) is 5.69 Å². The second-order valence-electron chi connectivity index (χ2n) is 5.17. The van der Waals surface area contributed by atoms with Crippen molar-refractivity contribution in [3.63, 3.8) is 0 Å². The molecular weight excluding hydrogens is 306 g/mol. The van der Waals surface area contributed by atoms with E-state index in [1.807, 2.05) is 0 Å². The lowest BCUT2D eigenvalue weighted by Gasteiger charge is -2.17. The SMILES string of the molecule is CC1=[NH+]c2cc(S(=O)(=O)O)cc(S(=O)(=O)O)c2C1(C)C. The van der Waals surface area contributed by atoms with Crippen LogP contribution in [0, 0.1) is 0 Å². The van der Waals surface area contributed by atoms with E-state index in [9.17, 15) is 21.4 Å². The Morgan fingerprint density at radius 3 is 2.05 bits per heavy atom. The second-order valence-corrected chi connectivity index (χ2v) is 7.98. The van der Waals surface area contributed by atoms with Gasteiger partial charge >= 0.3 is 0 Å². The molecule has 1 aliphatic heterocycles. The van der Waals surface area contributed by atoms with E-state index in [4.69, 9.17) is 4.55 Å². The number of benzene rings is 1. The third kappa shape index (κ3) is 2.26. The molecule has 1 aromatic rings. The molecule has 0 aliphatic carbocycles. The molecule has 2 rings (SSSR count). The number of hydrogen-bond acceptors (Lipinski definition) is 4. The Hall–Kier alpha value is -1.29. The van der Waals surface area contributed by atoms with Gasteiger partial charge in [-0.05, 0) is 19.9 Å². The Bertz CT molecular complexity index is 834. The van der Waals surface area contributed by atoms with Gasteiger partial charge in [0.2, 0.25) is 5.69 Å². The highest BCUT2D eigenvalue weighted by atomic mass is 32.2. The van der Waals surface area contributed by atoms with Gasteiger partial charge in [-0.2, -0.15) is 16.8 Å². The number of hydrogen-bond donors (Lipinski definition) is 3. The summed E-state index contributed by atoms with van der Waals surface area (Å²) in [5.41, 5.74) is 0.489. The molecule has 9 heteroatoms. The van der Waals surface area contributed by atoms with Crippen molar-refractivity contribution in [2.45, 2.75) is 36.0 Å². The molecule has 0 unspecified atom stereocenters. The molecule has 0 saturated heterocycles. The highest BCUT2D eigenvalue weighted by Gasteiger charge is 2.44. The molecule has 0 amide bonds. The van der Waals surface area contributed by atoms with E-state index in [-0.39, 0.29) is 11.3 Å². The summed E-state index contributed by atoms with van der Waals surface area (Å²) in [4.78, 5) is 1.75. The lowest BCUT2D eigenvalue weighted by Crippen LogP contribution is -2.64. The van der Waals surface area contributed by atoms with E-state index in [1.165, 1.54) is 0 Å². The Labute approximate surface area is 116 Å². The fraction of sp³-hybridized carbons (Fsp3) is 0.364. The van der Waals surface area contributed by atoms with Gasteiger partial charge in [0, 0.05) is 13.0 Å². The summed E-state index contributed by atoms with van der Waals surface area (Å²) in [6, 6.07) is 1.89. The number of nitrogens with one attached hydrogen (secondary N) is 1. The van der Waals surface area contributed by atoms with Crippen LogP contribution in [0.2, 0.25) is 0 Å². The summed E-state index contributed by atoms with van der Waals surface area (Å²) in [6.07, 6.45) is 0. The zero-order valence-electron chi connectivity index (χ0n) is 11.0. The maximum atomic E-state index is 11.5. The molecule has 0 saturated carbocycles. The molecule has 1 aliphatic rings. The van der Waals surface area contributed by atoms with E-state index in [1.54, 1.807) is 20.8 Å². The third-order valence-electron chi connectivity index (χ3n) is 3.54. The van der Waals surface area contributed by atoms with E-state index in [0.717, 1.165) is 12.1 Å². The monoisotopic (exact) mass is 320 g/mol. The number of rotatable bonds is 2. The average molecular weight is 320 g/mol. The third-order valence-corrected chi connectivity index (χ3v) is 5.25. The van der Waals surface area contributed by atoms with E-state index < -0.39 is 35.4 Å². The molecule has 0 fully saturated rings. The van der Waals surface area contributed by atoms with Crippen LogP contribution in [0.15, 0.2) is 21.9 Å². The summed E-state index contributed by atoms with van der Waals surface area (Å²) in [5, 5.41) is 0. The van der Waals surface area contributed by atoms with Crippen LogP contribution < -0.4 is 4.99 Å². The van der Waals surface area contributed by atoms with Gasteiger partial charge < -0.3 is 0 Å². The minimum Gasteiger partial charge on any atom is -0.282 e. The van der Waals surface area contributed by atoms with Crippen molar-refractivity contribution in [3.05, 3.63) is 17.7 Å². The summed E-state index contributed by atoms with van der Waals surface area (Å²) in [7, 11) is -9.22. The Morgan fingerprint density at radius 2 is 1.60 bits per heavy atom. The summed E-state index contributed by atoms with van der Waals surface area (Å²) in [6.45, 7) is 5.20. The summed E-state index contributed by atoms with van der Waals surface area (Å²) < 4.78 is 63.8. The van der Waals surface area contributed by atoms with Crippen LogP contribution in [0.1, 0.15) is 26.3 Å². The first kappa shape index (κ1) is 15.1. The highest BCUT2D eigenvalue weighted by molar-refractivity contribution is 7.86. The van der Waals surface area contributed by atoms with Gasteiger partial charge in [0.15, 0.2) is 5.71 Å². The van der Waals surface area contributed by atoms with Crippen LogP contribution in [0.25, 0.3) is 0 Å². The smallest absolute Gasteiger partial charge is 0.282 e. The van der Waals surface area contributed by atoms with Crippen molar-refractivity contribution in [3.8, 4) is 0 Å². The van der Waals surface area contributed by atoms with Crippen LogP contribution >= 0.6 is 0 Å². The van der Waals surface area contributed by atoms with E-state index in [0.29, 0.717) is 5.71 Å². The quantitative estimate of drug-likeness (QED) is 0.640. The molecule has 0 bridgehead atoms. The van der Waals surface area contributed by atoms with Crippen molar-refractivity contribution >= 4 is 31.6 Å². The summed E-state index contributed by atoms with van der Waals surface area (Å²) >= 11 is 0. The first-order chi connectivity index (χ1) is 8.85. The van der Waals surface area contributed by atoms with E-state index in [2.05, 4.69) is 4.99 Å². The molecule has 0 atom stereocenters. The average Bonchev–Trinajstić information content (AvgIpc) is 2.46. The van der Waals surface area contributed by atoms with Gasteiger partial charge in [0.05, 0.1) is 11.0 Å². The van der Waals surface area contributed by atoms with Gasteiger partial charge in [-0.25, -0.2) is 4.99 Å². The Morgan fingerprint density at radius 1 is 1.05 bits per heavy atom. The Kier molecular flexibility index (Phi) is 3.10. The molecule has 0 aromatic heterocycles. The van der Waals surface area contributed by atoms with Gasteiger partial charge in [-0.1, -0.05) is 0 Å². The standard InChI is InChI=1S/C11H13NO6S2/c1-6-11(2,3)10-8(12-6)4-7(19(13,14)15)5-9(10)20(16,17)18/h4-5H,1-3H3,(H,13,14,15)(H,16,17,18)/p+1. The van der Waals surface area contributed by atoms with Crippen molar-refractivity contribution in [1.29, 1.82) is 0 Å². The molecule has 3 N–H and O–H groups in total. The van der Waals surface area contributed by atoms with Gasteiger partial charge in [-0.15, -0.1) is 0 Å². The zero-order valence-corrected chi connectivity index (χ0v) is 12.6. The minimum absolute atomic E-state index is 0.232. The Balaban J connectivity index is 2.95. The highest BCUT2D eigenvalue weighted by Crippen LogP contribution is 2.38. The maximum absolute atomic E-state index is 11.5. The van der Waals surface area contributed by atoms with Crippen molar-refractivity contribution in [2.24, 2.45) is 0 Å². The topological polar surface area (TPSA) is 123 Å². The lowest BCUT2D eigenvalue weighted by atomic mass is 9.82. The van der Waals surface area contributed by atoms with Crippen LogP contribution in [-0.2, 0) is 25.7 Å². The molecule has 1 heterocycles. The molecule has 0 spiro atoms. The first-order valence-corrected chi connectivity index (χ1v) is 8.47. The predicted molar refractivity (Wildman–Crippen MR) is 70.4 cm³/mol. The van der Waals surface area contributed by atoms with Gasteiger partial charge in [0.1, 0.15) is 9.79 Å². The van der Waals surface area contributed by atoms with Crippen molar-refractivity contribution in [2.75, 3.05) is 0 Å². The molecule has 1 aromatic carbocycles. The molecule has 0 radical (unpaired) electrons. The van der Waals surface area contributed by atoms with Crippen LogP contribution in [0.5, 0.6) is 0 Å². The normalized spacial score (nSPS) is 17.8. The second kappa shape index (κ2) is 4.10. The minimum atomic E-state index is -4.63. The van der Waals surface area contributed by atoms with Crippen molar-refractivity contribution < 1.29 is 30.9 Å². The van der Waals surface area contributed by atoms with Crippen LogP contribution in [-0.4, -0.2) is 31.7 Å². The largest absolute Gasteiger partial charge is 0.295 e. The fourth-order valence-electron chi connectivity index (χ4n) is 2.23. The molecule has 7 nitrogen and oxygen atoms in total. The lowest BCUT2D eigenvalue weighted by molar-refractivity contribution is -0.351. The molecular formula is C11H14NO6S2+. The summed E-state index contributed by atoms with van der Waals surface area (Å²) in [5.74, 6) is 0.